The van der Waals surface area contributed by atoms with Crippen LogP contribution in [0.5, 0.6) is 0 Å². The first-order chi connectivity index (χ1) is 11.6. The molecule has 130 valence electrons. The molecule has 1 aliphatic heterocycles. The highest BCUT2D eigenvalue weighted by atomic mass is 32.2. The zero-order valence-corrected chi connectivity index (χ0v) is 15.4. The van der Waals surface area contributed by atoms with Gasteiger partial charge in [0.25, 0.3) is 0 Å². The molecule has 0 aliphatic carbocycles. The molecule has 0 fully saturated rings. The van der Waals surface area contributed by atoms with Crippen molar-refractivity contribution in [2.75, 3.05) is 17.6 Å². The lowest BCUT2D eigenvalue weighted by Crippen LogP contribution is -2.25. The van der Waals surface area contributed by atoms with Crippen molar-refractivity contribution in [1.29, 1.82) is 0 Å². The number of rotatable bonds is 7. The fourth-order valence-corrected chi connectivity index (χ4v) is 3.01. The van der Waals surface area contributed by atoms with Gasteiger partial charge in [-0.1, -0.05) is 51.1 Å². The van der Waals surface area contributed by atoms with Crippen LogP contribution in [0.25, 0.3) is 0 Å². The van der Waals surface area contributed by atoms with E-state index in [-0.39, 0.29) is 5.91 Å². The summed E-state index contributed by atoms with van der Waals surface area (Å²) >= 11 is 1.68. The van der Waals surface area contributed by atoms with E-state index >= 15 is 0 Å². The topological polar surface area (TPSA) is 65.8 Å². The first-order valence-electron chi connectivity index (χ1n) is 8.48. The molecule has 24 heavy (non-hydrogen) atoms. The number of hydrogen-bond acceptors (Lipinski definition) is 4. The average molecular weight is 347 g/mol. The predicted octanol–water partition coefficient (Wildman–Crippen LogP) is 3.87. The molecule has 1 heterocycles. The highest BCUT2D eigenvalue weighted by Crippen LogP contribution is 2.16. The second-order valence-corrected chi connectivity index (χ2v) is 7.19. The summed E-state index contributed by atoms with van der Waals surface area (Å²) in [5.74, 6) is 1.21. The minimum Gasteiger partial charge on any atom is -0.326 e. The highest BCUT2D eigenvalue weighted by molar-refractivity contribution is 8.14. The molecule has 2 N–H and O–H groups in total. The summed E-state index contributed by atoms with van der Waals surface area (Å²) in [7, 11) is 0. The number of amides is 1. The second kappa shape index (κ2) is 9.47. The Morgan fingerprint density at radius 1 is 1.38 bits per heavy atom. The van der Waals surface area contributed by atoms with Crippen LogP contribution in [0.4, 0.5) is 5.69 Å². The molecule has 6 heteroatoms. The summed E-state index contributed by atoms with van der Waals surface area (Å²) in [6, 6.07) is 7.83. The van der Waals surface area contributed by atoms with Crippen molar-refractivity contribution >= 4 is 34.2 Å². The van der Waals surface area contributed by atoms with Gasteiger partial charge in [-0.3, -0.25) is 15.2 Å². The maximum Gasteiger partial charge on any atom is 0.224 e. The number of thioether (sulfide) groups is 1. The minimum absolute atomic E-state index is 0.0536. The smallest absolute Gasteiger partial charge is 0.224 e. The number of amidine groups is 1. The Kier molecular flexibility index (Phi) is 7.31. The normalized spacial score (nSPS) is 16.0. The van der Waals surface area contributed by atoms with Gasteiger partial charge >= 0.3 is 0 Å². The lowest BCUT2D eigenvalue weighted by Gasteiger charge is -2.15. The number of nitrogens with one attached hydrogen (secondary N) is 2. The molecule has 0 radical (unpaired) electrons. The molecule has 1 aromatic carbocycles. The molecule has 1 amide bonds. The Morgan fingerprint density at radius 3 is 2.71 bits per heavy atom. The van der Waals surface area contributed by atoms with Gasteiger partial charge in [0.1, 0.15) is 0 Å². The Bertz CT molecular complexity index is 608. The van der Waals surface area contributed by atoms with Gasteiger partial charge in [-0.05, 0) is 30.0 Å². The van der Waals surface area contributed by atoms with E-state index in [0.717, 1.165) is 47.3 Å². The van der Waals surface area contributed by atoms with E-state index in [1.165, 1.54) is 0 Å². The molecule has 2 rings (SSSR count). The summed E-state index contributed by atoms with van der Waals surface area (Å²) in [5, 5.41) is 8.23. The van der Waals surface area contributed by atoms with Crippen LogP contribution in [0.15, 0.2) is 34.4 Å². The molecule has 0 aromatic heterocycles. The Morgan fingerprint density at radius 2 is 2.12 bits per heavy atom. The molecule has 0 unspecified atom stereocenters. The van der Waals surface area contributed by atoms with Crippen molar-refractivity contribution in [2.24, 2.45) is 16.0 Å². The fraction of sp³-hybridized carbons (Fsp3) is 0.500. The number of hydrogen-bond donors (Lipinski definition) is 2. The van der Waals surface area contributed by atoms with Gasteiger partial charge in [-0.25, -0.2) is 0 Å². The second-order valence-electron chi connectivity index (χ2n) is 6.22. The van der Waals surface area contributed by atoms with E-state index in [4.69, 9.17) is 0 Å². The lowest BCUT2D eigenvalue weighted by molar-refractivity contribution is -0.116. The molecule has 5 nitrogen and oxygen atoms in total. The monoisotopic (exact) mass is 346 g/mol. The number of hydrazone groups is 1. The first-order valence-corrected chi connectivity index (χ1v) is 9.47. The number of carbonyl (C=O) groups excluding carboxylic acids is 1. The van der Waals surface area contributed by atoms with Crippen molar-refractivity contribution in [3.05, 3.63) is 29.8 Å². The number of anilines is 1. The van der Waals surface area contributed by atoms with E-state index in [2.05, 4.69) is 27.8 Å². The molecular weight excluding hydrogens is 320 g/mol. The van der Waals surface area contributed by atoms with Crippen LogP contribution in [0, 0.1) is 5.92 Å². The number of aliphatic imine (C=N–C) groups is 1. The molecule has 0 atom stereocenters. The van der Waals surface area contributed by atoms with Gasteiger partial charge in [0.15, 0.2) is 5.17 Å². The van der Waals surface area contributed by atoms with Crippen molar-refractivity contribution in [1.82, 2.24) is 5.43 Å². The SMILES string of the molecule is CCCCN=C1NN=C(c2ccc(NC(=O)CC(C)C)cc2)CS1. The summed E-state index contributed by atoms with van der Waals surface area (Å²) in [4.78, 5) is 16.3. The summed E-state index contributed by atoms with van der Waals surface area (Å²) in [6.45, 7) is 7.08. The Hall–Kier alpha value is -1.82. The molecule has 1 aliphatic rings. The van der Waals surface area contributed by atoms with Gasteiger partial charge in [-0.15, -0.1) is 0 Å². The molecule has 0 saturated carbocycles. The van der Waals surface area contributed by atoms with Crippen molar-refractivity contribution < 1.29 is 4.79 Å². The van der Waals surface area contributed by atoms with E-state index in [1.54, 1.807) is 11.8 Å². The van der Waals surface area contributed by atoms with Crippen LogP contribution in [0.2, 0.25) is 0 Å². The number of unbranched alkanes of at least 4 members (excludes halogenated alkanes) is 1. The summed E-state index contributed by atoms with van der Waals surface area (Å²) in [5.41, 5.74) is 5.90. The van der Waals surface area contributed by atoms with Gasteiger partial charge in [0.05, 0.1) is 5.71 Å². The molecule has 1 aromatic rings. The van der Waals surface area contributed by atoms with Crippen LogP contribution in [0.1, 0.15) is 45.6 Å². The lowest BCUT2D eigenvalue weighted by atomic mass is 10.1. The van der Waals surface area contributed by atoms with Crippen LogP contribution < -0.4 is 10.7 Å². The molecular formula is C18H26N4OS. The van der Waals surface area contributed by atoms with Gasteiger partial charge in [0.2, 0.25) is 5.91 Å². The first kappa shape index (κ1) is 18.5. The summed E-state index contributed by atoms with van der Waals surface area (Å²) in [6.07, 6.45) is 2.79. The van der Waals surface area contributed by atoms with Crippen LogP contribution >= 0.6 is 11.8 Å². The predicted molar refractivity (Wildman–Crippen MR) is 104 cm³/mol. The molecule has 0 spiro atoms. The maximum absolute atomic E-state index is 11.8. The van der Waals surface area contributed by atoms with Gasteiger partial charge < -0.3 is 5.32 Å². The molecule has 0 saturated heterocycles. The van der Waals surface area contributed by atoms with Crippen LogP contribution in [0.3, 0.4) is 0 Å². The van der Waals surface area contributed by atoms with Crippen LogP contribution in [-0.2, 0) is 4.79 Å². The fourth-order valence-electron chi connectivity index (χ4n) is 2.21. The van der Waals surface area contributed by atoms with E-state index in [0.29, 0.717) is 12.3 Å². The van der Waals surface area contributed by atoms with Crippen molar-refractivity contribution in [3.63, 3.8) is 0 Å². The van der Waals surface area contributed by atoms with Crippen molar-refractivity contribution in [3.8, 4) is 0 Å². The minimum atomic E-state index is 0.0536. The highest BCUT2D eigenvalue weighted by Gasteiger charge is 2.13. The largest absolute Gasteiger partial charge is 0.326 e. The Balaban J connectivity index is 1.92. The van der Waals surface area contributed by atoms with Gasteiger partial charge in [-0.2, -0.15) is 5.10 Å². The van der Waals surface area contributed by atoms with Gasteiger partial charge in [0, 0.05) is 24.4 Å². The third-order valence-electron chi connectivity index (χ3n) is 3.49. The zero-order valence-electron chi connectivity index (χ0n) is 14.6. The third kappa shape index (κ3) is 6.00. The number of nitrogens with zero attached hydrogens (tertiary/aromatic N) is 2. The summed E-state index contributed by atoms with van der Waals surface area (Å²) < 4.78 is 0. The Labute approximate surface area is 148 Å². The van der Waals surface area contributed by atoms with E-state index < -0.39 is 0 Å². The maximum atomic E-state index is 11.8. The van der Waals surface area contributed by atoms with Crippen LogP contribution in [-0.4, -0.2) is 29.1 Å². The average Bonchev–Trinajstić information content (AvgIpc) is 2.56. The van der Waals surface area contributed by atoms with Crippen molar-refractivity contribution in [2.45, 2.75) is 40.0 Å². The van der Waals surface area contributed by atoms with E-state index in [1.807, 2.05) is 38.1 Å². The quantitative estimate of drug-likeness (QED) is 0.737. The molecule has 0 bridgehead atoms. The number of carbonyl (C=O) groups is 1. The standard InChI is InChI=1S/C18H26N4OS/c1-4-5-10-19-18-22-21-16(12-24-18)14-6-8-15(9-7-14)20-17(23)11-13(2)3/h6-9,13H,4-5,10-12H2,1-3H3,(H,19,22)(H,20,23). The number of benzene rings is 1. The zero-order chi connectivity index (χ0) is 17.4. The third-order valence-corrected chi connectivity index (χ3v) is 4.41. The van der Waals surface area contributed by atoms with E-state index in [9.17, 15) is 4.79 Å².